The number of sulfonamides is 1. The van der Waals surface area contributed by atoms with Crippen molar-refractivity contribution >= 4 is 39.3 Å². The highest BCUT2D eigenvalue weighted by Gasteiger charge is 2.41. The molecule has 7 nitrogen and oxygen atoms in total. The molecular weight excluding hydrogens is 406 g/mol. The van der Waals surface area contributed by atoms with Crippen molar-refractivity contribution in [2.45, 2.75) is 11.8 Å². The van der Waals surface area contributed by atoms with Crippen LogP contribution in [-0.2, 0) is 24.3 Å². The third kappa shape index (κ3) is 3.36. The Hall–Kier alpha value is -2.84. The maximum absolute atomic E-state index is 12.9. The lowest BCUT2D eigenvalue weighted by Gasteiger charge is -2.31. The number of halogens is 1. The van der Waals surface area contributed by atoms with Crippen LogP contribution < -0.4 is 0 Å². The number of nitrogens with zero attached hydrogens (tertiary/aromatic N) is 1. The second-order valence-corrected chi connectivity index (χ2v) is 8.00. The van der Waals surface area contributed by atoms with Crippen molar-refractivity contribution in [1.29, 1.82) is 0 Å². The van der Waals surface area contributed by atoms with E-state index in [9.17, 15) is 18.0 Å². The highest BCUT2D eigenvalue weighted by molar-refractivity contribution is 7.89. The molecule has 0 radical (unpaired) electrons. The van der Waals surface area contributed by atoms with Gasteiger partial charge in [-0.2, -0.15) is 0 Å². The molecule has 1 aliphatic heterocycles. The van der Waals surface area contributed by atoms with Crippen molar-refractivity contribution in [1.82, 2.24) is 4.31 Å². The monoisotopic (exact) mass is 421 g/mol. The summed E-state index contributed by atoms with van der Waals surface area (Å²) in [4.78, 5) is 25.0. The molecule has 0 unspecified atom stereocenters. The van der Waals surface area contributed by atoms with Crippen LogP contribution in [0.15, 0.2) is 59.1 Å². The lowest BCUT2D eigenvalue weighted by atomic mass is 10.1. The average molecular weight is 422 g/mol. The Morgan fingerprint density at radius 3 is 2.29 bits per heavy atom. The standard InChI is InChI=1S/C19H16ClNO6S/c1-3-21-16(19(23)26-2)17(14-6-4-5-7-15(14)28(21,24)25)27-18(22)12-8-10-13(20)11-9-12/h4-11H,3H2,1-2H3. The van der Waals surface area contributed by atoms with Gasteiger partial charge in [-0.1, -0.05) is 23.7 Å². The number of likely N-dealkylation sites (N-methyl/N-ethyl adjacent to an activating group) is 1. The number of fused-ring (bicyclic) bond motifs is 1. The van der Waals surface area contributed by atoms with E-state index in [1.165, 1.54) is 36.4 Å². The Morgan fingerprint density at radius 2 is 1.68 bits per heavy atom. The Labute approximate surface area is 167 Å². The Balaban J connectivity index is 2.20. The number of benzene rings is 2. The van der Waals surface area contributed by atoms with Gasteiger partial charge in [0.25, 0.3) is 10.0 Å². The van der Waals surface area contributed by atoms with Crippen LogP contribution in [0.2, 0.25) is 5.02 Å². The predicted octanol–water partition coefficient (Wildman–Crippen LogP) is 3.06. The van der Waals surface area contributed by atoms with Crippen molar-refractivity contribution in [2.75, 3.05) is 13.7 Å². The Morgan fingerprint density at radius 1 is 1.04 bits per heavy atom. The van der Waals surface area contributed by atoms with Crippen molar-refractivity contribution in [3.8, 4) is 0 Å². The summed E-state index contributed by atoms with van der Waals surface area (Å²) in [7, 11) is -2.89. The summed E-state index contributed by atoms with van der Waals surface area (Å²) in [6, 6.07) is 12.0. The molecule has 0 fully saturated rings. The van der Waals surface area contributed by atoms with Crippen LogP contribution in [0.3, 0.4) is 0 Å². The summed E-state index contributed by atoms with van der Waals surface area (Å²) >= 11 is 5.83. The van der Waals surface area contributed by atoms with Crippen molar-refractivity contribution in [3.05, 3.63) is 70.4 Å². The van der Waals surface area contributed by atoms with E-state index in [2.05, 4.69) is 0 Å². The van der Waals surface area contributed by atoms with E-state index in [4.69, 9.17) is 21.1 Å². The maximum atomic E-state index is 12.9. The van der Waals surface area contributed by atoms with Crippen LogP contribution in [0, 0.1) is 0 Å². The van der Waals surface area contributed by atoms with Crippen LogP contribution in [0.4, 0.5) is 0 Å². The first-order chi connectivity index (χ1) is 13.3. The quantitative estimate of drug-likeness (QED) is 0.705. The van der Waals surface area contributed by atoms with Gasteiger partial charge in [-0.25, -0.2) is 18.0 Å². The zero-order valence-corrected chi connectivity index (χ0v) is 16.6. The van der Waals surface area contributed by atoms with Crippen molar-refractivity contribution < 1.29 is 27.5 Å². The highest BCUT2D eigenvalue weighted by atomic mass is 35.5. The van der Waals surface area contributed by atoms with Gasteiger partial charge >= 0.3 is 11.9 Å². The van der Waals surface area contributed by atoms with Gasteiger partial charge in [-0.05, 0) is 43.3 Å². The second-order valence-electron chi connectivity index (χ2n) is 5.73. The van der Waals surface area contributed by atoms with E-state index in [0.717, 1.165) is 11.4 Å². The fraction of sp³-hybridized carbons (Fsp3) is 0.158. The van der Waals surface area contributed by atoms with Gasteiger partial charge in [0, 0.05) is 17.1 Å². The second kappa shape index (κ2) is 7.65. The summed E-state index contributed by atoms with van der Waals surface area (Å²) < 4.78 is 37.0. The van der Waals surface area contributed by atoms with E-state index in [1.54, 1.807) is 19.1 Å². The van der Waals surface area contributed by atoms with E-state index >= 15 is 0 Å². The van der Waals surface area contributed by atoms with Crippen molar-refractivity contribution in [2.24, 2.45) is 0 Å². The van der Waals surface area contributed by atoms with Gasteiger partial charge in [0.1, 0.15) is 0 Å². The van der Waals surface area contributed by atoms with Gasteiger partial charge in [-0.15, -0.1) is 0 Å². The minimum Gasteiger partial charge on any atom is -0.464 e. The molecule has 1 heterocycles. The summed E-state index contributed by atoms with van der Waals surface area (Å²) in [5.74, 6) is -1.88. The van der Waals surface area contributed by atoms with Gasteiger partial charge < -0.3 is 9.47 Å². The van der Waals surface area contributed by atoms with Gasteiger partial charge in [-0.3, -0.25) is 4.31 Å². The third-order valence-corrected chi connectivity index (χ3v) is 6.29. The number of carbonyl (C=O) groups excluding carboxylic acids is 2. The van der Waals surface area contributed by atoms with Crippen LogP contribution in [-0.4, -0.2) is 38.3 Å². The van der Waals surface area contributed by atoms with Gasteiger partial charge in [0.2, 0.25) is 0 Å². The molecule has 28 heavy (non-hydrogen) atoms. The molecule has 0 amide bonds. The number of hydrogen-bond acceptors (Lipinski definition) is 6. The number of esters is 2. The highest BCUT2D eigenvalue weighted by Crippen LogP contribution is 2.38. The molecule has 0 saturated heterocycles. The minimum atomic E-state index is -4.01. The normalized spacial score (nSPS) is 15.0. The summed E-state index contributed by atoms with van der Waals surface area (Å²) in [6.45, 7) is 1.51. The lowest BCUT2D eigenvalue weighted by molar-refractivity contribution is -0.137. The Bertz CT molecular complexity index is 1080. The molecule has 2 aromatic rings. The summed E-state index contributed by atoms with van der Waals surface area (Å²) in [5.41, 5.74) is -0.0593. The zero-order valence-electron chi connectivity index (χ0n) is 15.0. The molecule has 0 saturated carbocycles. The topological polar surface area (TPSA) is 90.0 Å². The van der Waals surface area contributed by atoms with Gasteiger partial charge in [0.15, 0.2) is 11.5 Å². The molecule has 146 valence electrons. The van der Waals surface area contributed by atoms with E-state index in [-0.39, 0.29) is 34.0 Å². The number of hydrogen-bond donors (Lipinski definition) is 0. The van der Waals surface area contributed by atoms with E-state index < -0.39 is 22.0 Å². The first-order valence-corrected chi connectivity index (χ1v) is 10.1. The molecule has 2 aromatic carbocycles. The SMILES string of the molecule is CCN1C(C(=O)OC)=C(OC(=O)c2ccc(Cl)cc2)c2ccccc2S1(=O)=O. The maximum Gasteiger partial charge on any atom is 0.359 e. The number of ether oxygens (including phenoxy) is 2. The first kappa shape index (κ1) is 19.9. The van der Waals surface area contributed by atoms with Gasteiger partial charge in [0.05, 0.1) is 17.6 Å². The van der Waals surface area contributed by atoms with Crippen LogP contribution in [0.25, 0.3) is 5.76 Å². The largest absolute Gasteiger partial charge is 0.464 e. The number of methoxy groups -OCH3 is 1. The first-order valence-electron chi connectivity index (χ1n) is 8.23. The number of rotatable bonds is 4. The zero-order chi connectivity index (χ0) is 20.5. The molecule has 0 atom stereocenters. The van der Waals surface area contributed by atoms with Crippen LogP contribution in [0.5, 0.6) is 0 Å². The van der Waals surface area contributed by atoms with E-state index in [1.807, 2.05) is 0 Å². The third-order valence-electron chi connectivity index (χ3n) is 4.10. The van der Waals surface area contributed by atoms with Crippen LogP contribution in [0.1, 0.15) is 22.8 Å². The Kier molecular flexibility index (Phi) is 5.44. The summed E-state index contributed by atoms with van der Waals surface area (Å²) in [5, 5.41) is 0.442. The summed E-state index contributed by atoms with van der Waals surface area (Å²) in [6.07, 6.45) is 0. The molecule has 1 aliphatic rings. The fourth-order valence-corrected chi connectivity index (χ4v) is 4.61. The average Bonchev–Trinajstić information content (AvgIpc) is 2.69. The molecular formula is C19H16ClNO6S. The minimum absolute atomic E-state index is 0.0525. The van der Waals surface area contributed by atoms with Crippen molar-refractivity contribution in [3.63, 3.8) is 0 Å². The smallest absolute Gasteiger partial charge is 0.359 e. The molecule has 3 rings (SSSR count). The molecule has 0 aliphatic carbocycles. The molecule has 0 spiro atoms. The van der Waals surface area contributed by atoms with E-state index in [0.29, 0.717) is 5.02 Å². The predicted molar refractivity (Wildman–Crippen MR) is 102 cm³/mol. The lowest BCUT2D eigenvalue weighted by Crippen LogP contribution is -2.39. The molecule has 9 heteroatoms. The molecule has 0 bridgehead atoms. The number of carbonyl (C=O) groups is 2. The molecule has 0 N–H and O–H groups in total. The van der Waals surface area contributed by atoms with Crippen LogP contribution >= 0.6 is 11.6 Å². The molecule has 0 aromatic heterocycles. The fourth-order valence-electron chi connectivity index (χ4n) is 2.82.